The molecule has 3 heterocycles. The Kier molecular flexibility index (Phi) is 2.91. The monoisotopic (exact) mass is 288 g/mol. The van der Waals surface area contributed by atoms with Crippen LogP contribution >= 0.6 is 11.6 Å². The Morgan fingerprint density at radius 1 is 1.30 bits per heavy atom. The first kappa shape index (κ1) is 12.6. The van der Waals surface area contributed by atoms with Gasteiger partial charge in [0.1, 0.15) is 16.4 Å². The molecule has 0 atom stereocenters. The number of aromatic nitrogens is 2. The van der Waals surface area contributed by atoms with Crippen LogP contribution in [0.5, 0.6) is 0 Å². The molecule has 3 rings (SSSR count). The van der Waals surface area contributed by atoms with E-state index in [0.717, 1.165) is 0 Å². The van der Waals surface area contributed by atoms with Crippen LogP contribution in [-0.2, 0) is 4.74 Å². The van der Waals surface area contributed by atoms with Gasteiger partial charge in [-0.2, -0.15) is 0 Å². The minimum atomic E-state index is -0.671. The van der Waals surface area contributed by atoms with E-state index in [-0.39, 0.29) is 10.7 Å². The van der Waals surface area contributed by atoms with Crippen molar-refractivity contribution in [2.45, 2.75) is 0 Å². The van der Waals surface area contributed by atoms with Crippen molar-refractivity contribution in [1.29, 1.82) is 0 Å². The van der Waals surface area contributed by atoms with Gasteiger partial charge in [0.05, 0.1) is 18.0 Å². The number of methoxy groups -OCH3 is 1. The maximum absolute atomic E-state index is 12.5. The number of hydrogen-bond acceptors (Lipinski definition) is 4. The highest BCUT2D eigenvalue weighted by Gasteiger charge is 2.19. The lowest BCUT2D eigenvalue weighted by Gasteiger charge is -2.09. The summed E-state index contributed by atoms with van der Waals surface area (Å²) in [5.74, 6) is -0.671. The molecule has 0 radical (unpaired) electrons. The molecule has 3 aromatic rings. The highest BCUT2D eigenvalue weighted by molar-refractivity contribution is 6.29. The Morgan fingerprint density at radius 3 is 2.85 bits per heavy atom. The molecule has 0 amide bonds. The van der Waals surface area contributed by atoms with Crippen LogP contribution in [0.3, 0.4) is 0 Å². The largest absolute Gasteiger partial charge is 0.465 e. The molecule has 0 aliphatic carbocycles. The SMILES string of the molecule is COC(=O)c1c(=O)c2ccc(Cl)nc2n2ccccc12. The second-order valence-corrected chi connectivity index (χ2v) is 4.54. The lowest BCUT2D eigenvalue weighted by molar-refractivity contribution is 0.0601. The molecule has 0 spiro atoms. The Balaban J connectivity index is 2.62. The van der Waals surface area contributed by atoms with Gasteiger partial charge in [-0.3, -0.25) is 4.79 Å². The Labute approximate surface area is 118 Å². The summed E-state index contributed by atoms with van der Waals surface area (Å²) >= 11 is 5.88. The molecule has 0 unspecified atom stereocenters. The smallest absolute Gasteiger partial charge is 0.344 e. The zero-order valence-corrected chi connectivity index (χ0v) is 11.2. The van der Waals surface area contributed by atoms with Gasteiger partial charge in [-0.1, -0.05) is 17.7 Å². The third-order valence-corrected chi connectivity index (χ3v) is 3.26. The van der Waals surface area contributed by atoms with Crippen molar-refractivity contribution in [3.8, 4) is 0 Å². The van der Waals surface area contributed by atoms with E-state index in [2.05, 4.69) is 4.98 Å². The number of carbonyl (C=O) groups excluding carboxylic acids is 1. The van der Waals surface area contributed by atoms with Gasteiger partial charge in [0.15, 0.2) is 0 Å². The van der Waals surface area contributed by atoms with Crippen molar-refractivity contribution in [2.24, 2.45) is 0 Å². The molecular weight excluding hydrogens is 280 g/mol. The number of rotatable bonds is 1. The van der Waals surface area contributed by atoms with E-state index >= 15 is 0 Å². The number of fused-ring (bicyclic) bond motifs is 3. The van der Waals surface area contributed by atoms with E-state index in [9.17, 15) is 9.59 Å². The van der Waals surface area contributed by atoms with Crippen molar-refractivity contribution in [1.82, 2.24) is 9.38 Å². The second kappa shape index (κ2) is 4.61. The van der Waals surface area contributed by atoms with Gasteiger partial charge in [-0.15, -0.1) is 0 Å². The lowest BCUT2D eigenvalue weighted by Crippen LogP contribution is -2.20. The lowest BCUT2D eigenvalue weighted by atomic mass is 10.1. The number of hydrogen-bond donors (Lipinski definition) is 0. The quantitative estimate of drug-likeness (QED) is 0.391. The van der Waals surface area contributed by atoms with Gasteiger partial charge in [-0.25, -0.2) is 9.78 Å². The Hall–Kier alpha value is -2.40. The van der Waals surface area contributed by atoms with Crippen molar-refractivity contribution in [2.75, 3.05) is 7.11 Å². The molecule has 6 heteroatoms. The molecule has 0 saturated heterocycles. The molecule has 20 heavy (non-hydrogen) atoms. The van der Waals surface area contributed by atoms with E-state index in [0.29, 0.717) is 16.6 Å². The van der Waals surface area contributed by atoms with Crippen LogP contribution < -0.4 is 5.43 Å². The summed E-state index contributed by atoms with van der Waals surface area (Å²) in [5, 5.41) is 0.596. The van der Waals surface area contributed by atoms with Crippen molar-refractivity contribution < 1.29 is 9.53 Å². The maximum atomic E-state index is 12.5. The minimum absolute atomic E-state index is 0.00952. The first-order valence-corrected chi connectivity index (χ1v) is 6.19. The number of halogens is 1. The highest BCUT2D eigenvalue weighted by atomic mass is 35.5. The Morgan fingerprint density at radius 2 is 2.10 bits per heavy atom. The van der Waals surface area contributed by atoms with Gasteiger partial charge in [0.25, 0.3) is 0 Å². The van der Waals surface area contributed by atoms with Crippen LogP contribution in [0.15, 0.2) is 41.3 Å². The Bertz CT molecular complexity index is 902. The molecule has 0 aliphatic rings. The minimum Gasteiger partial charge on any atom is -0.465 e. The first-order valence-electron chi connectivity index (χ1n) is 5.81. The van der Waals surface area contributed by atoms with Gasteiger partial charge < -0.3 is 9.14 Å². The summed E-state index contributed by atoms with van der Waals surface area (Å²) in [5.41, 5.74) is 0.421. The van der Waals surface area contributed by atoms with Crippen LogP contribution in [0.1, 0.15) is 10.4 Å². The van der Waals surface area contributed by atoms with Crippen LogP contribution in [0, 0.1) is 0 Å². The van der Waals surface area contributed by atoms with Gasteiger partial charge in [-0.05, 0) is 24.3 Å². The number of ether oxygens (including phenoxy) is 1. The van der Waals surface area contributed by atoms with Crippen molar-refractivity contribution in [3.05, 3.63) is 57.5 Å². The molecule has 5 nitrogen and oxygen atoms in total. The highest BCUT2D eigenvalue weighted by Crippen LogP contribution is 2.18. The summed E-state index contributed by atoms with van der Waals surface area (Å²) < 4.78 is 6.35. The predicted octanol–water partition coefficient (Wildman–Crippen LogP) is 2.29. The molecule has 0 aromatic carbocycles. The molecule has 3 aromatic heterocycles. The van der Waals surface area contributed by atoms with Gasteiger partial charge in [0.2, 0.25) is 5.43 Å². The van der Waals surface area contributed by atoms with Crippen molar-refractivity contribution >= 4 is 34.1 Å². The average Bonchev–Trinajstić information content (AvgIpc) is 2.47. The maximum Gasteiger partial charge on any atom is 0.344 e. The van der Waals surface area contributed by atoms with Crippen LogP contribution in [-0.4, -0.2) is 22.5 Å². The molecular formula is C14H9ClN2O3. The topological polar surface area (TPSA) is 60.7 Å². The fourth-order valence-corrected chi connectivity index (χ4v) is 2.31. The van der Waals surface area contributed by atoms with Crippen LogP contribution in [0.25, 0.3) is 16.6 Å². The molecule has 0 saturated carbocycles. The predicted molar refractivity (Wildman–Crippen MR) is 75.3 cm³/mol. The van der Waals surface area contributed by atoms with Gasteiger partial charge in [0, 0.05) is 6.20 Å². The number of carbonyl (C=O) groups is 1. The van der Waals surface area contributed by atoms with E-state index < -0.39 is 11.4 Å². The molecule has 0 aliphatic heterocycles. The fourth-order valence-electron chi connectivity index (χ4n) is 2.17. The number of esters is 1. The van der Waals surface area contributed by atoms with Gasteiger partial charge >= 0.3 is 5.97 Å². The van der Waals surface area contributed by atoms with E-state index in [4.69, 9.17) is 16.3 Å². The second-order valence-electron chi connectivity index (χ2n) is 4.16. The van der Waals surface area contributed by atoms with E-state index in [1.165, 1.54) is 13.2 Å². The molecule has 0 bridgehead atoms. The summed E-state index contributed by atoms with van der Waals surface area (Å²) in [6, 6.07) is 8.24. The normalized spacial score (nSPS) is 10.9. The fraction of sp³-hybridized carbons (Fsp3) is 0.0714. The molecule has 0 N–H and O–H groups in total. The van der Waals surface area contributed by atoms with Crippen molar-refractivity contribution in [3.63, 3.8) is 0 Å². The third kappa shape index (κ3) is 1.75. The average molecular weight is 289 g/mol. The van der Waals surface area contributed by atoms with E-state index in [1.54, 1.807) is 34.9 Å². The molecule has 100 valence electrons. The van der Waals surface area contributed by atoms with Crippen LogP contribution in [0.2, 0.25) is 5.15 Å². The summed E-state index contributed by atoms with van der Waals surface area (Å²) in [6.45, 7) is 0. The zero-order chi connectivity index (χ0) is 14.3. The summed E-state index contributed by atoms with van der Waals surface area (Å²) in [7, 11) is 1.24. The zero-order valence-electron chi connectivity index (χ0n) is 10.5. The summed E-state index contributed by atoms with van der Waals surface area (Å²) in [6.07, 6.45) is 1.72. The first-order chi connectivity index (χ1) is 9.63. The standard InChI is InChI=1S/C14H9ClN2O3/c1-20-14(19)11-9-4-2-3-7-17(9)13-8(12(11)18)5-6-10(15)16-13/h2-7H,1H3. The summed E-state index contributed by atoms with van der Waals surface area (Å²) in [4.78, 5) is 28.5. The number of pyridine rings is 3. The van der Waals surface area contributed by atoms with Crippen LogP contribution in [0.4, 0.5) is 0 Å². The number of nitrogens with zero attached hydrogens (tertiary/aromatic N) is 2. The third-order valence-electron chi connectivity index (χ3n) is 3.05. The molecule has 0 fully saturated rings. The van der Waals surface area contributed by atoms with E-state index in [1.807, 2.05) is 0 Å².